The summed E-state index contributed by atoms with van der Waals surface area (Å²) >= 11 is 0. The van der Waals surface area contributed by atoms with Crippen molar-refractivity contribution in [1.82, 2.24) is 29.2 Å². The summed E-state index contributed by atoms with van der Waals surface area (Å²) in [6.07, 6.45) is 11.8. The van der Waals surface area contributed by atoms with Gasteiger partial charge in [0.15, 0.2) is 0 Å². The molecule has 1 saturated carbocycles. The number of carbonyl (C=O) groups is 1. The Hall–Kier alpha value is -2.96. The van der Waals surface area contributed by atoms with Gasteiger partial charge in [0, 0.05) is 37.9 Å². The van der Waals surface area contributed by atoms with Crippen molar-refractivity contribution in [3.63, 3.8) is 0 Å². The van der Waals surface area contributed by atoms with E-state index < -0.39 is 0 Å². The SMILES string of the molecule is O=C(c1ccccc1-n1cncn1)N1CCC[C@H](c2nccn2CC2CC2)C1. The first-order chi connectivity index (χ1) is 13.8. The van der Waals surface area contributed by atoms with Crippen LogP contribution < -0.4 is 0 Å². The van der Waals surface area contributed by atoms with E-state index in [9.17, 15) is 4.79 Å². The van der Waals surface area contributed by atoms with E-state index in [4.69, 9.17) is 0 Å². The number of likely N-dealkylation sites (tertiary alicyclic amines) is 1. The number of amides is 1. The van der Waals surface area contributed by atoms with Gasteiger partial charge in [0.25, 0.3) is 5.91 Å². The molecule has 1 saturated heterocycles. The molecule has 0 spiro atoms. The lowest BCUT2D eigenvalue weighted by molar-refractivity contribution is 0.0703. The molecule has 0 unspecified atom stereocenters. The second kappa shape index (κ2) is 7.22. The molecule has 2 aliphatic rings. The van der Waals surface area contributed by atoms with Crippen molar-refractivity contribution < 1.29 is 4.79 Å². The Balaban J connectivity index is 1.37. The Morgan fingerprint density at radius 2 is 2.07 bits per heavy atom. The van der Waals surface area contributed by atoms with Crippen LogP contribution in [0.15, 0.2) is 49.3 Å². The van der Waals surface area contributed by atoms with E-state index in [1.165, 1.54) is 19.2 Å². The first-order valence-corrected chi connectivity index (χ1v) is 10.0. The molecule has 1 aliphatic carbocycles. The van der Waals surface area contributed by atoms with E-state index >= 15 is 0 Å². The molecular weight excluding hydrogens is 352 g/mol. The number of hydrogen-bond acceptors (Lipinski definition) is 4. The van der Waals surface area contributed by atoms with Crippen LogP contribution in [0.25, 0.3) is 5.69 Å². The van der Waals surface area contributed by atoms with Crippen LogP contribution in [0.3, 0.4) is 0 Å². The van der Waals surface area contributed by atoms with Crippen LogP contribution in [0.4, 0.5) is 0 Å². The van der Waals surface area contributed by atoms with Gasteiger partial charge in [0.2, 0.25) is 0 Å². The number of piperidine rings is 1. The summed E-state index contributed by atoms with van der Waals surface area (Å²) in [5, 5.41) is 4.20. The van der Waals surface area contributed by atoms with E-state index in [0.29, 0.717) is 18.0 Å². The molecule has 28 heavy (non-hydrogen) atoms. The Morgan fingerprint density at radius 1 is 1.18 bits per heavy atom. The molecular formula is C21H24N6O. The summed E-state index contributed by atoms with van der Waals surface area (Å²) in [5.74, 6) is 2.29. The molecule has 7 heteroatoms. The zero-order chi connectivity index (χ0) is 18.9. The van der Waals surface area contributed by atoms with Gasteiger partial charge < -0.3 is 9.47 Å². The highest BCUT2D eigenvalue weighted by atomic mass is 16.2. The Morgan fingerprint density at radius 3 is 2.89 bits per heavy atom. The van der Waals surface area contributed by atoms with Crippen molar-refractivity contribution in [2.45, 2.75) is 38.1 Å². The van der Waals surface area contributed by atoms with Crippen LogP contribution in [0.5, 0.6) is 0 Å². The molecule has 3 aromatic rings. The Kier molecular flexibility index (Phi) is 4.43. The topological polar surface area (TPSA) is 68.8 Å². The van der Waals surface area contributed by atoms with E-state index in [1.54, 1.807) is 11.0 Å². The molecule has 1 amide bonds. The molecule has 1 aromatic carbocycles. The Bertz CT molecular complexity index is 959. The van der Waals surface area contributed by atoms with Crippen LogP contribution >= 0.6 is 0 Å². The highest BCUT2D eigenvalue weighted by molar-refractivity contribution is 5.97. The molecule has 0 N–H and O–H groups in total. The number of para-hydroxylation sites is 1. The third-order valence-electron chi connectivity index (χ3n) is 5.77. The van der Waals surface area contributed by atoms with E-state index in [0.717, 1.165) is 43.4 Å². The van der Waals surface area contributed by atoms with Crippen molar-refractivity contribution >= 4 is 5.91 Å². The maximum absolute atomic E-state index is 13.3. The number of benzene rings is 1. The molecule has 0 bridgehead atoms. The molecule has 1 aliphatic heterocycles. The van der Waals surface area contributed by atoms with Crippen molar-refractivity contribution in [1.29, 1.82) is 0 Å². The zero-order valence-corrected chi connectivity index (χ0v) is 15.8. The van der Waals surface area contributed by atoms with E-state index in [1.807, 2.05) is 35.4 Å². The van der Waals surface area contributed by atoms with Gasteiger partial charge in [0.1, 0.15) is 18.5 Å². The fraction of sp³-hybridized carbons (Fsp3) is 0.429. The van der Waals surface area contributed by atoms with Crippen LogP contribution in [-0.2, 0) is 6.54 Å². The lowest BCUT2D eigenvalue weighted by atomic mass is 9.96. The van der Waals surface area contributed by atoms with Crippen LogP contribution in [0, 0.1) is 5.92 Å². The molecule has 1 atom stereocenters. The lowest BCUT2D eigenvalue weighted by Crippen LogP contribution is -2.40. The average molecular weight is 376 g/mol. The normalized spacial score (nSPS) is 19.7. The molecule has 2 fully saturated rings. The van der Waals surface area contributed by atoms with Crippen LogP contribution in [0.1, 0.15) is 47.8 Å². The van der Waals surface area contributed by atoms with Gasteiger partial charge in [-0.1, -0.05) is 12.1 Å². The minimum atomic E-state index is 0.0519. The van der Waals surface area contributed by atoms with Gasteiger partial charge in [-0.3, -0.25) is 4.79 Å². The quantitative estimate of drug-likeness (QED) is 0.687. The summed E-state index contributed by atoms with van der Waals surface area (Å²) < 4.78 is 3.96. The maximum atomic E-state index is 13.3. The Labute approximate surface area is 164 Å². The first kappa shape index (κ1) is 17.2. The van der Waals surface area contributed by atoms with Crippen LogP contribution in [-0.4, -0.2) is 48.2 Å². The number of imidazole rings is 1. The number of nitrogens with zero attached hydrogens (tertiary/aromatic N) is 6. The molecule has 7 nitrogen and oxygen atoms in total. The largest absolute Gasteiger partial charge is 0.338 e. The van der Waals surface area contributed by atoms with Crippen molar-refractivity contribution in [3.8, 4) is 5.69 Å². The molecule has 2 aromatic heterocycles. The average Bonchev–Trinajstić information content (AvgIpc) is 3.20. The third kappa shape index (κ3) is 3.32. The fourth-order valence-corrected chi connectivity index (χ4v) is 4.14. The van der Waals surface area contributed by atoms with Gasteiger partial charge >= 0.3 is 0 Å². The monoisotopic (exact) mass is 376 g/mol. The van der Waals surface area contributed by atoms with Gasteiger partial charge in [0.05, 0.1) is 11.3 Å². The van der Waals surface area contributed by atoms with Crippen LogP contribution in [0.2, 0.25) is 0 Å². The lowest BCUT2D eigenvalue weighted by Gasteiger charge is -2.33. The second-order valence-corrected chi connectivity index (χ2v) is 7.83. The van der Waals surface area contributed by atoms with Gasteiger partial charge in [-0.15, -0.1) is 0 Å². The van der Waals surface area contributed by atoms with Gasteiger partial charge in [-0.25, -0.2) is 14.6 Å². The third-order valence-corrected chi connectivity index (χ3v) is 5.77. The number of aromatic nitrogens is 5. The maximum Gasteiger partial charge on any atom is 0.256 e. The fourth-order valence-electron chi connectivity index (χ4n) is 4.14. The van der Waals surface area contributed by atoms with E-state index in [2.05, 4.69) is 25.8 Å². The summed E-state index contributed by atoms with van der Waals surface area (Å²) in [5.41, 5.74) is 1.43. The highest BCUT2D eigenvalue weighted by Gasteiger charge is 2.30. The van der Waals surface area contributed by atoms with Gasteiger partial charge in [-0.05, 0) is 43.7 Å². The summed E-state index contributed by atoms with van der Waals surface area (Å²) in [6.45, 7) is 2.56. The second-order valence-electron chi connectivity index (χ2n) is 7.83. The van der Waals surface area contributed by atoms with Crippen molar-refractivity contribution in [3.05, 3.63) is 60.7 Å². The highest BCUT2D eigenvalue weighted by Crippen LogP contribution is 2.33. The summed E-state index contributed by atoms with van der Waals surface area (Å²) in [6, 6.07) is 7.60. The standard InChI is InChI=1S/C21H24N6O/c28-21(18-5-1-2-6-19(18)27-15-22-14-24-27)26-10-3-4-17(13-26)20-23-9-11-25(20)12-16-7-8-16/h1-2,5-6,9,11,14-17H,3-4,7-8,10,12-13H2/t17-/m0/s1. The van der Waals surface area contributed by atoms with Crippen molar-refractivity contribution in [2.24, 2.45) is 5.92 Å². The molecule has 3 heterocycles. The molecule has 5 rings (SSSR count). The van der Waals surface area contributed by atoms with Crippen molar-refractivity contribution in [2.75, 3.05) is 13.1 Å². The number of rotatable bonds is 5. The predicted molar refractivity (Wildman–Crippen MR) is 104 cm³/mol. The van der Waals surface area contributed by atoms with Gasteiger partial charge in [-0.2, -0.15) is 5.10 Å². The van der Waals surface area contributed by atoms with E-state index in [-0.39, 0.29) is 5.91 Å². The predicted octanol–water partition coefficient (Wildman–Crippen LogP) is 2.89. The minimum absolute atomic E-state index is 0.0519. The zero-order valence-electron chi connectivity index (χ0n) is 15.8. The minimum Gasteiger partial charge on any atom is -0.338 e. The number of carbonyl (C=O) groups excluding carboxylic acids is 1. The molecule has 0 radical (unpaired) electrons. The summed E-state index contributed by atoms with van der Waals surface area (Å²) in [7, 11) is 0. The summed E-state index contributed by atoms with van der Waals surface area (Å²) in [4.78, 5) is 24.0. The first-order valence-electron chi connectivity index (χ1n) is 10.0. The molecule has 144 valence electrons. The number of hydrogen-bond donors (Lipinski definition) is 0. The smallest absolute Gasteiger partial charge is 0.256 e.